The quantitative estimate of drug-likeness (QED) is 0.296. The maximum atomic E-state index is 14.5. The third kappa shape index (κ3) is 5.13. The van der Waals surface area contributed by atoms with E-state index in [4.69, 9.17) is 24.6 Å². The first-order valence-corrected chi connectivity index (χ1v) is 9.62. The second-order valence-electron chi connectivity index (χ2n) is 4.99. The Hall–Kier alpha value is -1.28. The minimum atomic E-state index is -5.44. The summed E-state index contributed by atoms with van der Waals surface area (Å²) in [4.78, 5) is 41.0. The fraction of sp³-hybridized carbons (Fsp3) is 0.556. The molecule has 17 heteroatoms. The topological polar surface area (TPSA) is 190 Å². The first kappa shape index (κ1) is 21.0. The Morgan fingerprint density at radius 2 is 2.12 bits per heavy atom. The zero-order valence-corrected chi connectivity index (χ0v) is 14.3. The van der Waals surface area contributed by atoms with Crippen LogP contribution in [0.4, 0.5) is 14.6 Å². The Bertz CT molecular complexity index is 817. The smallest absolute Gasteiger partial charge is 0.317 e. The number of anilines is 1. The Balaban J connectivity index is 2.10. The lowest BCUT2D eigenvalue weighted by Crippen LogP contribution is -2.37. The number of nitrogens with zero attached hydrogens (tertiary/aromatic N) is 2. The number of nitrogens with one attached hydrogen (secondary N) is 1. The highest BCUT2D eigenvalue weighted by Crippen LogP contribution is 2.58. The summed E-state index contributed by atoms with van der Waals surface area (Å²) in [6.07, 6.45) is -3.62. The van der Waals surface area contributed by atoms with Crippen LogP contribution in [0.2, 0.25) is 0 Å². The number of hydrogen-bond donors (Lipinski definition) is 5. The summed E-state index contributed by atoms with van der Waals surface area (Å²) in [7, 11) is -10.8. The van der Waals surface area contributed by atoms with Crippen LogP contribution >= 0.6 is 15.6 Å². The van der Waals surface area contributed by atoms with Crippen molar-refractivity contribution in [3.05, 3.63) is 22.7 Å². The van der Waals surface area contributed by atoms with Crippen LogP contribution in [0.25, 0.3) is 0 Å². The van der Waals surface area contributed by atoms with E-state index >= 15 is 0 Å². The van der Waals surface area contributed by atoms with Gasteiger partial charge in [-0.2, -0.15) is 9.29 Å². The Morgan fingerprint density at radius 1 is 1.46 bits per heavy atom. The van der Waals surface area contributed by atoms with Gasteiger partial charge in [0.2, 0.25) is 0 Å². The van der Waals surface area contributed by atoms with E-state index in [0.717, 1.165) is 12.3 Å². The molecule has 1 saturated heterocycles. The van der Waals surface area contributed by atoms with Gasteiger partial charge < -0.3 is 19.4 Å². The van der Waals surface area contributed by atoms with Crippen molar-refractivity contribution in [3.63, 3.8) is 0 Å². The lowest BCUT2D eigenvalue weighted by Gasteiger charge is -2.23. The van der Waals surface area contributed by atoms with Crippen molar-refractivity contribution in [2.24, 2.45) is 0 Å². The molecule has 5 N–H and O–H groups in total. The van der Waals surface area contributed by atoms with Crippen LogP contribution in [-0.2, 0) is 22.7 Å². The third-order valence-electron chi connectivity index (χ3n) is 3.10. The molecule has 2 rings (SSSR count). The molecule has 148 valence electrons. The zero-order chi connectivity index (χ0) is 19.8. The van der Waals surface area contributed by atoms with Gasteiger partial charge in [0.1, 0.15) is 12.8 Å². The van der Waals surface area contributed by atoms with Gasteiger partial charge in [0.25, 0.3) is 5.85 Å². The number of aromatic nitrogens is 2. The highest BCUT2D eigenvalue weighted by molar-refractivity contribution is 7.60. The summed E-state index contributed by atoms with van der Waals surface area (Å²) >= 11 is 0. The van der Waals surface area contributed by atoms with E-state index in [0.29, 0.717) is 4.57 Å². The van der Waals surface area contributed by atoms with Crippen LogP contribution in [0.3, 0.4) is 0 Å². The van der Waals surface area contributed by atoms with Gasteiger partial charge in [-0.3, -0.25) is 19.8 Å². The molecule has 0 radical (unpaired) electrons. The Morgan fingerprint density at radius 3 is 2.65 bits per heavy atom. The lowest BCUT2D eigenvalue weighted by molar-refractivity contribution is -0.193. The van der Waals surface area contributed by atoms with E-state index in [9.17, 15) is 22.7 Å². The average molecular weight is 423 g/mol. The van der Waals surface area contributed by atoms with Crippen molar-refractivity contribution in [3.8, 4) is 0 Å². The Kier molecular flexibility index (Phi) is 5.97. The van der Waals surface area contributed by atoms with Crippen LogP contribution in [0.15, 0.2) is 17.1 Å². The Labute approximate surface area is 143 Å². The number of alkyl halides is 2. The van der Waals surface area contributed by atoms with Crippen molar-refractivity contribution in [1.82, 2.24) is 9.55 Å². The van der Waals surface area contributed by atoms with Gasteiger partial charge in [-0.25, -0.2) is 22.7 Å². The van der Waals surface area contributed by atoms with E-state index in [1.807, 2.05) is 0 Å². The fourth-order valence-electron chi connectivity index (χ4n) is 2.02. The van der Waals surface area contributed by atoms with Gasteiger partial charge in [-0.05, 0) is 6.07 Å². The molecule has 0 spiro atoms. The third-order valence-corrected chi connectivity index (χ3v) is 5.23. The number of halogens is 2. The van der Waals surface area contributed by atoms with Gasteiger partial charge in [-0.1, -0.05) is 0 Å². The highest BCUT2D eigenvalue weighted by atomic mass is 31.3. The van der Waals surface area contributed by atoms with E-state index in [1.54, 1.807) is 5.48 Å². The normalized spacial score (nSPS) is 28.7. The van der Waals surface area contributed by atoms with Crippen molar-refractivity contribution in [2.45, 2.75) is 24.7 Å². The molecular formula is C9H13F2N3O10P2. The van der Waals surface area contributed by atoms with Gasteiger partial charge in [-0.15, -0.1) is 0 Å². The maximum absolute atomic E-state index is 14.5. The minimum absolute atomic E-state index is 0.230. The maximum Gasteiger partial charge on any atom is 0.481 e. The molecule has 1 aromatic heterocycles. The van der Waals surface area contributed by atoms with Crippen molar-refractivity contribution in [1.29, 1.82) is 0 Å². The molecule has 0 aliphatic carbocycles. The van der Waals surface area contributed by atoms with Gasteiger partial charge >= 0.3 is 21.3 Å². The van der Waals surface area contributed by atoms with Crippen LogP contribution in [0.5, 0.6) is 0 Å². The molecule has 1 fully saturated rings. The summed E-state index contributed by atoms with van der Waals surface area (Å²) in [6, 6.07) is 1.10. The molecule has 4 atom stereocenters. The monoisotopic (exact) mass is 423 g/mol. The standard InChI is InChI=1S/C9H13F2N3O10P2/c10-5-3-7(14-2-1-6(13-16)12-8(14)15)23-9(5,11)4-22-26(20,21)24-25(17,18)19/h1-2,5,7,16H,3-4H2,(H,20,21)(H,12,13,15)(H2,17,18,19)/t5-,7+,9+/m0/s1. The van der Waals surface area contributed by atoms with Crippen LogP contribution < -0.4 is 11.2 Å². The van der Waals surface area contributed by atoms with Crippen LogP contribution in [0, 0.1) is 0 Å². The number of phosphoric acid groups is 2. The van der Waals surface area contributed by atoms with Crippen molar-refractivity contribution >= 4 is 21.5 Å². The number of hydrogen-bond acceptors (Lipinski definition) is 9. The van der Waals surface area contributed by atoms with Crippen molar-refractivity contribution < 1.29 is 51.4 Å². The predicted octanol–water partition coefficient (Wildman–Crippen LogP) is 0.194. The SMILES string of the molecule is O=c1nc(NO)ccn1[C@H]1C[C@H](F)[C@@](F)(COP(=O)(O)OP(=O)(O)O)O1. The molecule has 0 bridgehead atoms. The molecule has 13 nitrogen and oxygen atoms in total. The summed E-state index contributed by atoms with van der Waals surface area (Å²) in [6.45, 7) is -1.56. The summed E-state index contributed by atoms with van der Waals surface area (Å²) < 4.78 is 63.1. The van der Waals surface area contributed by atoms with Gasteiger partial charge in [0.05, 0.1) is 0 Å². The van der Waals surface area contributed by atoms with Crippen LogP contribution in [0.1, 0.15) is 12.6 Å². The number of ether oxygens (including phenoxy) is 1. The average Bonchev–Trinajstić information content (AvgIpc) is 2.79. The minimum Gasteiger partial charge on any atom is -0.317 e. The van der Waals surface area contributed by atoms with E-state index in [1.165, 1.54) is 0 Å². The molecule has 1 aliphatic heterocycles. The summed E-state index contributed by atoms with van der Waals surface area (Å²) in [5.41, 5.74) is 0.572. The number of rotatable bonds is 7. The first-order chi connectivity index (χ1) is 11.9. The molecule has 2 heterocycles. The molecule has 26 heavy (non-hydrogen) atoms. The molecule has 1 unspecified atom stereocenters. The molecule has 1 aromatic rings. The molecule has 0 amide bonds. The largest absolute Gasteiger partial charge is 0.481 e. The van der Waals surface area contributed by atoms with Crippen molar-refractivity contribution in [2.75, 3.05) is 12.1 Å². The first-order valence-electron chi connectivity index (χ1n) is 6.59. The zero-order valence-electron chi connectivity index (χ0n) is 12.5. The molecule has 0 aromatic carbocycles. The number of phosphoric ester groups is 1. The summed E-state index contributed by atoms with van der Waals surface area (Å²) in [5, 5.41) is 8.62. The van der Waals surface area contributed by atoms with E-state index in [2.05, 4.69) is 13.8 Å². The van der Waals surface area contributed by atoms with Crippen LogP contribution in [-0.4, -0.2) is 48.1 Å². The van der Waals surface area contributed by atoms with E-state index in [-0.39, 0.29) is 5.82 Å². The van der Waals surface area contributed by atoms with Gasteiger partial charge in [0.15, 0.2) is 12.0 Å². The molecular weight excluding hydrogens is 410 g/mol. The predicted molar refractivity (Wildman–Crippen MR) is 76.3 cm³/mol. The van der Waals surface area contributed by atoms with Gasteiger partial charge in [0, 0.05) is 12.6 Å². The lowest BCUT2D eigenvalue weighted by atomic mass is 10.2. The highest BCUT2D eigenvalue weighted by Gasteiger charge is 2.53. The fourth-order valence-corrected chi connectivity index (χ4v) is 3.62. The second kappa shape index (κ2) is 7.38. The van der Waals surface area contributed by atoms with E-state index < -0.39 is 52.6 Å². The summed E-state index contributed by atoms with van der Waals surface area (Å²) in [5.74, 6) is -3.54. The molecule has 0 saturated carbocycles. The second-order valence-corrected chi connectivity index (χ2v) is 7.82. The molecule has 1 aliphatic rings.